The molecule has 0 fully saturated rings. The SMILES string of the molecule is O=C(Nc1c(O)ccc2ccccc12)c1ccccc1Sc1cc([N+](=O)[O-])ccc1C(=O)Nc1c(O)ccc2ccccc12. The summed E-state index contributed by atoms with van der Waals surface area (Å²) in [6, 6.07) is 31.5. The second-order valence-corrected chi connectivity index (χ2v) is 10.9. The number of phenolic OH excluding ortho intramolecular Hbond substituents is 2. The van der Waals surface area contributed by atoms with Gasteiger partial charge in [0.25, 0.3) is 17.5 Å². The monoisotopic (exact) mass is 601 g/mol. The van der Waals surface area contributed by atoms with E-state index < -0.39 is 16.7 Å². The molecule has 4 N–H and O–H groups in total. The Bertz CT molecular complexity index is 2110. The molecule has 10 heteroatoms. The molecular weight excluding hydrogens is 578 g/mol. The number of hydrogen-bond acceptors (Lipinski definition) is 7. The molecule has 0 atom stereocenters. The summed E-state index contributed by atoms with van der Waals surface area (Å²) in [4.78, 5) is 38.9. The van der Waals surface area contributed by atoms with Crippen molar-refractivity contribution in [3.63, 3.8) is 0 Å². The Labute approximate surface area is 254 Å². The molecule has 2 amide bonds. The molecule has 0 heterocycles. The third kappa shape index (κ3) is 5.49. The Hall–Kier alpha value is -5.87. The predicted molar refractivity (Wildman–Crippen MR) is 171 cm³/mol. The minimum Gasteiger partial charge on any atom is -0.506 e. The fourth-order valence-corrected chi connectivity index (χ4v) is 6.01. The Morgan fingerprint density at radius 2 is 1.11 bits per heavy atom. The van der Waals surface area contributed by atoms with Crippen LogP contribution in [0.5, 0.6) is 11.5 Å². The van der Waals surface area contributed by atoms with Crippen molar-refractivity contribution >= 4 is 62.2 Å². The smallest absolute Gasteiger partial charge is 0.270 e. The number of fused-ring (bicyclic) bond motifs is 2. The van der Waals surface area contributed by atoms with Gasteiger partial charge >= 0.3 is 0 Å². The lowest BCUT2D eigenvalue weighted by Gasteiger charge is -2.15. The number of benzene rings is 6. The van der Waals surface area contributed by atoms with Gasteiger partial charge in [-0.2, -0.15) is 0 Å². The lowest BCUT2D eigenvalue weighted by atomic mass is 10.1. The summed E-state index contributed by atoms with van der Waals surface area (Å²) in [5, 5.41) is 41.2. The molecule has 0 unspecified atom stereocenters. The molecular formula is C34H23N3O6S. The zero-order valence-electron chi connectivity index (χ0n) is 22.9. The van der Waals surface area contributed by atoms with Gasteiger partial charge in [0.15, 0.2) is 0 Å². The van der Waals surface area contributed by atoms with Crippen molar-refractivity contribution in [3.8, 4) is 11.5 Å². The van der Waals surface area contributed by atoms with E-state index in [-0.39, 0.29) is 44.6 Å². The van der Waals surface area contributed by atoms with Gasteiger partial charge in [-0.15, -0.1) is 0 Å². The number of anilines is 2. The fourth-order valence-electron chi connectivity index (χ4n) is 4.90. The topological polar surface area (TPSA) is 142 Å². The molecule has 0 aliphatic heterocycles. The summed E-state index contributed by atoms with van der Waals surface area (Å²) >= 11 is 1.01. The number of non-ortho nitro benzene ring substituents is 1. The van der Waals surface area contributed by atoms with E-state index in [1.807, 2.05) is 24.3 Å². The van der Waals surface area contributed by atoms with E-state index in [2.05, 4.69) is 10.6 Å². The maximum absolute atomic E-state index is 13.6. The average molecular weight is 602 g/mol. The first-order valence-corrected chi connectivity index (χ1v) is 14.2. The highest BCUT2D eigenvalue weighted by molar-refractivity contribution is 7.99. The van der Waals surface area contributed by atoms with Crippen LogP contribution in [0.2, 0.25) is 0 Å². The molecule has 9 nitrogen and oxygen atoms in total. The number of rotatable bonds is 7. The molecule has 6 aromatic rings. The van der Waals surface area contributed by atoms with E-state index in [0.717, 1.165) is 22.5 Å². The normalized spacial score (nSPS) is 10.9. The van der Waals surface area contributed by atoms with Gasteiger partial charge in [-0.05, 0) is 41.1 Å². The fraction of sp³-hybridized carbons (Fsp3) is 0. The van der Waals surface area contributed by atoms with Gasteiger partial charge in [0.2, 0.25) is 0 Å². The Morgan fingerprint density at radius 1 is 0.614 bits per heavy atom. The standard InChI is InChI=1S/C34H23N3O6S/c38-27-17-13-20-7-1-3-9-23(20)31(27)35-33(40)25-11-5-6-12-29(25)44-30-19-22(37(42)43)15-16-26(30)34(41)36-32-24-10-4-2-8-21(24)14-18-28(32)39/h1-19,38-39H,(H,35,40)(H,36,41). The first-order chi connectivity index (χ1) is 21.3. The van der Waals surface area contributed by atoms with Crippen LogP contribution in [-0.4, -0.2) is 27.0 Å². The first-order valence-electron chi connectivity index (χ1n) is 13.4. The molecule has 0 saturated carbocycles. The third-order valence-corrected chi connectivity index (χ3v) is 8.20. The molecule has 0 aliphatic carbocycles. The van der Waals surface area contributed by atoms with Crippen LogP contribution in [0.3, 0.4) is 0 Å². The number of nitro groups is 1. The number of carbonyl (C=O) groups is 2. The van der Waals surface area contributed by atoms with Crippen molar-refractivity contribution < 1.29 is 24.7 Å². The zero-order chi connectivity index (χ0) is 30.8. The van der Waals surface area contributed by atoms with Crippen molar-refractivity contribution in [2.45, 2.75) is 9.79 Å². The van der Waals surface area contributed by atoms with Crippen LogP contribution >= 0.6 is 11.8 Å². The number of aromatic hydroxyl groups is 2. The quantitative estimate of drug-likeness (QED) is 0.0826. The van der Waals surface area contributed by atoms with Crippen molar-refractivity contribution in [2.75, 3.05) is 10.6 Å². The van der Waals surface area contributed by atoms with Crippen LogP contribution in [-0.2, 0) is 0 Å². The summed E-state index contributed by atoms with van der Waals surface area (Å²) in [6.07, 6.45) is 0. The maximum Gasteiger partial charge on any atom is 0.270 e. The number of hydrogen-bond donors (Lipinski definition) is 4. The van der Waals surface area contributed by atoms with Crippen LogP contribution < -0.4 is 10.6 Å². The molecule has 44 heavy (non-hydrogen) atoms. The summed E-state index contributed by atoms with van der Waals surface area (Å²) in [5.41, 5.74) is 0.555. The number of nitrogens with one attached hydrogen (secondary N) is 2. The Morgan fingerprint density at radius 3 is 1.68 bits per heavy atom. The van der Waals surface area contributed by atoms with Crippen LogP contribution in [0.15, 0.2) is 125 Å². The molecule has 6 aromatic carbocycles. The van der Waals surface area contributed by atoms with Gasteiger partial charge in [-0.25, -0.2) is 0 Å². The van der Waals surface area contributed by atoms with Gasteiger partial charge in [0.05, 0.1) is 27.4 Å². The van der Waals surface area contributed by atoms with Gasteiger partial charge < -0.3 is 20.8 Å². The van der Waals surface area contributed by atoms with Gasteiger partial charge in [-0.3, -0.25) is 19.7 Å². The van der Waals surface area contributed by atoms with Crippen molar-refractivity contribution in [1.29, 1.82) is 0 Å². The van der Waals surface area contributed by atoms with Crippen molar-refractivity contribution in [1.82, 2.24) is 0 Å². The number of phenols is 2. The van der Waals surface area contributed by atoms with E-state index in [0.29, 0.717) is 15.7 Å². The highest BCUT2D eigenvalue weighted by Gasteiger charge is 2.22. The van der Waals surface area contributed by atoms with E-state index in [9.17, 15) is 29.9 Å². The van der Waals surface area contributed by atoms with Crippen LogP contribution in [0.25, 0.3) is 21.5 Å². The minimum absolute atomic E-state index is 0.100. The minimum atomic E-state index is -0.600. The summed E-state index contributed by atoms with van der Waals surface area (Å²) in [7, 11) is 0. The second kappa shape index (κ2) is 11.8. The lowest BCUT2D eigenvalue weighted by molar-refractivity contribution is -0.385. The van der Waals surface area contributed by atoms with E-state index in [4.69, 9.17) is 0 Å². The van der Waals surface area contributed by atoms with Crippen LogP contribution in [0, 0.1) is 10.1 Å². The molecule has 216 valence electrons. The number of nitrogens with zero attached hydrogens (tertiary/aromatic N) is 1. The Balaban J connectivity index is 1.36. The van der Waals surface area contributed by atoms with Gasteiger partial charge in [-0.1, -0.05) is 84.6 Å². The largest absolute Gasteiger partial charge is 0.506 e. The first kappa shape index (κ1) is 28.3. The molecule has 0 radical (unpaired) electrons. The third-order valence-electron chi connectivity index (χ3n) is 7.06. The molecule has 0 aliphatic rings. The summed E-state index contributed by atoms with van der Waals surface area (Å²) < 4.78 is 0. The molecule has 6 rings (SSSR count). The highest BCUT2D eigenvalue weighted by atomic mass is 32.2. The van der Waals surface area contributed by atoms with E-state index in [1.165, 1.54) is 30.3 Å². The summed E-state index contributed by atoms with van der Waals surface area (Å²) in [5.74, 6) is -1.35. The molecule has 0 saturated heterocycles. The molecule has 0 bridgehead atoms. The van der Waals surface area contributed by atoms with Crippen LogP contribution in [0.4, 0.5) is 17.1 Å². The van der Waals surface area contributed by atoms with Gasteiger partial charge in [0, 0.05) is 32.7 Å². The molecule has 0 aromatic heterocycles. The second-order valence-electron chi connectivity index (χ2n) is 9.81. The Kier molecular flexibility index (Phi) is 7.57. The van der Waals surface area contributed by atoms with Crippen LogP contribution in [0.1, 0.15) is 20.7 Å². The average Bonchev–Trinajstić information content (AvgIpc) is 3.04. The van der Waals surface area contributed by atoms with Gasteiger partial charge in [0.1, 0.15) is 11.5 Å². The number of amides is 2. The zero-order valence-corrected chi connectivity index (χ0v) is 23.7. The molecule has 0 spiro atoms. The predicted octanol–water partition coefficient (Wildman–Crippen LogP) is 7.97. The van der Waals surface area contributed by atoms with E-state index in [1.54, 1.807) is 60.7 Å². The van der Waals surface area contributed by atoms with E-state index >= 15 is 0 Å². The highest BCUT2D eigenvalue weighted by Crippen LogP contribution is 2.38. The lowest BCUT2D eigenvalue weighted by Crippen LogP contribution is -2.15. The van der Waals surface area contributed by atoms with Crippen molar-refractivity contribution in [3.05, 3.63) is 137 Å². The maximum atomic E-state index is 13.6. The number of carbonyl (C=O) groups excluding carboxylic acids is 2. The van der Waals surface area contributed by atoms with Crippen molar-refractivity contribution in [2.24, 2.45) is 0 Å². The summed E-state index contributed by atoms with van der Waals surface area (Å²) in [6.45, 7) is 0. The number of nitro benzene ring substituents is 1.